The number of pyridine rings is 2. The summed E-state index contributed by atoms with van der Waals surface area (Å²) in [6, 6.07) is 16.1. The van der Waals surface area contributed by atoms with Crippen LogP contribution in [0.5, 0.6) is 0 Å². The van der Waals surface area contributed by atoms with Crippen molar-refractivity contribution in [3.8, 4) is 0 Å². The van der Waals surface area contributed by atoms with Crippen LogP contribution in [0, 0.1) is 0 Å². The standard InChI is InChI=1S/C19H21N5/c1-2-20-19(24-14-17-10-3-4-11-21-17)23-13-16-8-5-7-15-9-6-12-22-18(15)16/h3-12H,2,13-14H2,1H3,(H2,20,23,24). The zero-order valence-electron chi connectivity index (χ0n) is 13.7. The Balaban J connectivity index is 1.73. The van der Waals surface area contributed by atoms with Crippen LogP contribution in [0.3, 0.4) is 0 Å². The SMILES string of the molecule is CCNC(=NCc1cccc2cccnc12)NCc1ccccn1. The van der Waals surface area contributed by atoms with Gasteiger partial charge in [-0.15, -0.1) is 0 Å². The van der Waals surface area contributed by atoms with Crippen molar-refractivity contribution >= 4 is 16.9 Å². The molecule has 0 aliphatic rings. The molecule has 0 aliphatic carbocycles. The summed E-state index contributed by atoms with van der Waals surface area (Å²) in [7, 11) is 0. The molecule has 0 amide bonds. The van der Waals surface area contributed by atoms with E-state index >= 15 is 0 Å². The lowest BCUT2D eigenvalue weighted by atomic mass is 10.1. The molecule has 0 fully saturated rings. The first-order valence-electron chi connectivity index (χ1n) is 8.11. The van der Waals surface area contributed by atoms with E-state index in [1.165, 1.54) is 0 Å². The van der Waals surface area contributed by atoms with Crippen molar-refractivity contribution < 1.29 is 0 Å². The molecule has 0 spiro atoms. The van der Waals surface area contributed by atoms with E-state index in [1.54, 1.807) is 6.20 Å². The number of aliphatic imine (C=N–C) groups is 1. The number of aromatic nitrogens is 2. The van der Waals surface area contributed by atoms with Crippen LogP contribution in [0.15, 0.2) is 65.9 Å². The minimum Gasteiger partial charge on any atom is -0.357 e. The summed E-state index contributed by atoms with van der Waals surface area (Å²) >= 11 is 0. The lowest BCUT2D eigenvalue weighted by Crippen LogP contribution is -2.37. The van der Waals surface area contributed by atoms with E-state index < -0.39 is 0 Å². The van der Waals surface area contributed by atoms with Crippen LogP contribution >= 0.6 is 0 Å². The summed E-state index contributed by atoms with van der Waals surface area (Å²) in [6.45, 7) is 4.08. The predicted octanol–water partition coefficient (Wildman–Crippen LogP) is 2.89. The maximum absolute atomic E-state index is 4.68. The molecular formula is C19H21N5. The average Bonchev–Trinajstić information content (AvgIpc) is 2.65. The Morgan fingerprint density at radius 1 is 0.958 bits per heavy atom. The van der Waals surface area contributed by atoms with Crippen molar-refractivity contribution in [2.75, 3.05) is 6.54 Å². The molecule has 2 N–H and O–H groups in total. The second-order valence-electron chi connectivity index (χ2n) is 5.36. The van der Waals surface area contributed by atoms with E-state index in [9.17, 15) is 0 Å². The number of hydrogen-bond donors (Lipinski definition) is 2. The van der Waals surface area contributed by atoms with Crippen LogP contribution in [0.2, 0.25) is 0 Å². The van der Waals surface area contributed by atoms with Crippen molar-refractivity contribution in [3.05, 3.63) is 72.2 Å². The molecule has 0 aliphatic heterocycles. The largest absolute Gasteiger partial charge is 0.357 e. The fourth-order valence-electron chi connectivity index (χ4n) is 2.48. The van der Waals surface area contributed by atoms with Gasteiger partial charge in [0, 0.05) is 24.3 Å². The summed E-state index contributed by atoms with van der Waals surface area (Å²) in [5.74, 6) is 0.774. The van der Waals surface area contributed by atoms with Gasteiger partial charge in [-0.25, -0.2) is 4.99 Å². The average molecular weight is 319 g/mol. The third kappa shape index (κ3) is 4.07. The Bertz CT molecular complexity index is 809. The van der Waals surface area contributed by atoms with Crippen LogP contribution in [0.4, 0.5) is 0 Å². The molecular weight excluding hydrogens is 298 g/mol. The van der Waals surface area contributed by atoms with Gasteiger partial charge < -0.3 is 10.6 Å². The fraction of sp³-hybridized carbons (Fsp3) is 0.211. The van der Waals surface area contributed by atoms with Gasteiger partial charge in [0.25, 0.3) is 0 Å². The number of nitrogens with zero attached hydrogens (tertiary/aromatic N) is 3. The highest BCUT2D eigenvalue weighted by Gasteiger charge is 2.03. The lowest BCUT2D eigenvalue weighted by Gasteiger charge is -2.11. The van der Waals surface area contributed by atoms with Gasteiger partial charge in [-0.2, -0.15) is 0 Å². The molecule has 0 bridgehead atoms. The van der Waals surface area contributed by atoms with Crippen LogP contribution in [0.1, 0.15) is 18.2 Å². The normalized spacial score (nSPS) is 11.5. The highest BCUT2D eigenvalue weighted by Crippen LogP contribution is 2.16. The summed E-state index contributed by atoms with van der Waals surface area (Å²) in [5.41, 5.74) is 3.10. The molecule has 0 saturated heterocycles. The highest BCUT2D eigenvalue weighted by atomic mass is 15.2. The Morgan fingerprint density at radius 3 is 2.67 bits per heavy atom. The van der Waals surface area contributed by atoms with Crippen LogP contribution < -0.4 is 10.6 Å². The lowest BCUT2D eigenvalue weighted by molar-refractivity contribution is 0.800. The van der Waals surface area contributed by atoms with Crippen molar-refractivity contribution in [3.63, 3.8) is 0 Å². The fourth-order valence-corrected chi connectivity index (χ4v) is 2.48. The summed E-state index contributed by atoms with van der Waals surface area (Å²) in [5, 5.41) is 7.71. The molecule has 0 atom stereocenters. The molecule has 2 aromatic heterocycles. The minimum absolute atomic E-state index is 0.575. The first-order valence-corrected chi connectivity index (χ1v) is 8.11. The Kier molecular flexibility index (Phi) is 5.35. The van der Waals surface area contributed by atoms with Gasteiger partial charge in [-0.1, -0.05) is 30.3 Å². The van der Waals surface area contributed by atoms with Gasteiger partial charge in [0.05, 0.1) is 24.3 Å². The number of para-hydroxylation sites is 1. The van der Waals surface area contributed by atoms with Gasteiger partial charge in [0.2, 0.25) is 0 Å². The number of rotatable bonds is 5. The maximum atomic E-state index is 4.68. The number of hydrogen-bond acceptors (Lipinski definition) is 3. The Hall–Kier alpha value is -2.95. The second kappa shape index (κ2) is 8.06. The molecule has 3 rings (SSSR count). The molecule has 0 unspecified atom stereocenters. The highest BCUT2D eigenvalue weighted by molar-refractivity contribution is 5.83. The number of benzene rings is 1. The van der Waals surface area contributed by atoms with Gasteiger partial charge in [0.15, 0.2) is 5.96 Å². The molecule has 2 heterocycles. The molecule has 0 saturated carbocycles. The predicted molar refractivity (Wildman–Crippen MR) is 97.6 cm³/mol. The van der Waals surface area contributed by atoms with Crippen molar-refractivity contribution in [2.45, 2.75) is 20.0 Å². The molecule has 0 radical (unpaired) electrons. The maximum Gasteiger partial charge on any atom is 0.191 e. The second-order valence-corrected chi connectivity index (χ2v) is 5.36. The third-order valence-electron chi connectivity index (χ3n) is 3.63. The van der Waals surface area contributed by atoms with Gasteiger partial charge in [-0.3, -0.25) is 9.97 Å². The third-order valence-corrected chi connectivity index (χ3v) is 3.63. The van der Waals surface area contributed by atoms with Crippen LogP contribution in [0.25, 0.3) is 10.9 Å². The van der Waals surface area contributed by atoms with Gasteiger partial charge in [0.1, 0.15) is 0 Å². The van der Waals surface area contributed by atoms with E-state index in [0.717, 1.165) is 34.7 Å². The Labute approximate surface area is 141 Å². The zero-order chi connectivity index (χ0) is 16.6. The monoisotopic (exact) mass is 319 g/mol. The minimum atomic E-state index is 0.575. The molecule has 1 aromatic carbocycles. The topological polar surface area (TPSA) is 62.2 Å². The van der Waals surface area contributed by atoms with Crippen molar-refractivity contribution in [1.29, 1.82) is 0 Å². The van der Waals surface area contributed by atoms with E-state index in [-0.39, 0.29) is 0 Å². The summed E-state index contributed by atoms with van der Waals surface area (Å²) in [6.07, 6.45) is 3.61. The number of nitrogens with one attached hydrogen (secondary N) is 2. The molecule has 5 nitrogen and oxygen atoms in total. The Morgan fingerprint density at radius 2 is 1.83 bits per heavy atom. The molecule has 3 aromatic rings. The summed E-state index contributed by atoms with van der Waals surface area (Å²) < 4.78 is 0. The van der Waals surface area contributed by atoms with Crippen molar-refractivity contribution in [1.82, 2.24) is 20.6 Å². The first-order chi connectivity index (χ1) is 11.9. The zero-order valence-corrected chi connectivity index (χ0v) is 13.7. The summed E-state index contributed by atoms with van der Waals surface area (Å²) in [4.78, 5) is 13.5. The van der Waals surface area contributed by atoms with Crippen molar-refractivity contribution in [2.24, 2.45) is 4.99 Å². The smallest absolute Gasteiger partial charge is 0.191 e. The quantitative estimate of drug-likeness (QED) is 0.561. The van der Waals surface area contributed by atoms with E-state index in [2.05, 4.69) is 50.7 Å². The molecule has 24 heavy (non-hydrogen) atoms. The van der Waals surface area contributed by atoms with Gasteiger partial charge in [-0.05, 0) is 30.7 Å². The number of fused-ring (bicyclic) bond motifs is 1. The number of guanidine groups is 1. The van der Waals surface area contributed by atoms with E-state index in [4.69, 9.17) is 0 Å². The molecule has 5 heteroatoms. The van der Waals surface area contributed by atoms with E-state index in [1.807, 2.05) is 36.5 Å². The van der Waals surface area contributed by atoms with Gasteiger partial charge >= 0.3 is 0 Å². The van der Waals surface area contributed by atoms with E-state index in [0.29, 0.717) is 13.1 Å². The van der Waals surface area contributed by atoms with Crippen LogP contribution in [-0.4, -0.2) is 22.5 Å². The first kappa shape index (κ1) is 15.9. The van der Waals surface area contributed by atoms with Crippen LogP contribution in [-0.2, 0) is 13.1 Å². The molecule has 122 valence electrons.